The molecule has 0 aliphatic rings. The maximum absolute atomic E-state index is 5.97. The summed E-state index contributed by atoms with van der Waals surface area (Å²) in [4.78, 5) is 5.19. The average Bonchev–Trinajstić information content (AvgIpc) is 3.14. The van der Waals surface area contributed by atoms with Gasteiger partial charge in [-0.25, -0.2) is 0 Å². The summed E-state index contributed by atoms with van der Waals surface area (Å²) >= 11 is 13.4. The first-order valence-electron chi connectivity index (χ1n) is 9.23. The van der Waals surface area contributed by atoms with Crippen molar-refractivity contribution in [2.75, 3.05) is 32.0 Å². The van der Waals surface area contributed by atoms with E-state index in [1.165, 1.54) is 30.8 Å². The molecule has 0 saturated heterocycles. The fourth-order valence-electron chi connectivity index (χ4n) is 2.75. The zero-order valence-corrected chi connectivity index (χ0v) is 18.0. The van der Waals surface area contributed by atoms with Crippen LogP contribution in [0.4, 0.5) is 5.69 Å². The van der Waals surface area contributed by atoms with E-state index in [0.29, 0.717) is 0 Å². The quantitative estimate of drug-likeness (QED) is 0.569. The first-order valence-corrected chi connectivity index (χ1v) is 10.9. The van der Waals surface area contributed by atoms with Crippen LogP contribution in [-0.4, -0.2) is 36.7 Å². The molecular formula is C20H29ClN3S2+. The summed E-state index contributed by atoms with van der Waals surface area (Å²) in [5, 5.41) is 6.97. The summed E-state index contributed by atoms with van der Waals surface area (Å²) in [6.07, 6.45) is 3.68. The van der Waals surface area contributed by atoms with Crippen molar-refractivity contribution in [2.24, 2.45) is 0 Å². The molecule has 1 aromatic carbocycles. The number of anilines is 1. The molecule has 0 bridgehead atoms. The molecule has 0 radical (unpaired) electrons. The van der Waals surface area contributed by atoms with Gasteiger partial charge in [-0.15, -0.1) is 11.3 Å². The Hall–Kier alpha value is -1.14. The molecule has 26 heavy (non-hydrogen) atoms. The summed E-state index contributed by atoms with van der Waals surface area (Å²) in [5.41, 5.74) is 0.973. The van der Waals surface area contributed by atoms with E-state index >= 15 is 0 Å². The Morgan fingerprint density at radius 1 is 1.19 bits per heavy atom. The van der Waals surface area contributed by atoms with E-state index in [1.807, 2.05) is 24.3 Å². The van der Waals surface area contributed by atoms with Crippen LogP contribution in [0.2, 0.25) is 5.02 Å². The number of benzene rings is 1. The number of nitrogens with zero attached hydrogens (tertiary/aromatic N) is 1. The van der Waals surface area contributed by atoms with Crippen LogP contribution >= 0.6 is 35.2 Å². The van der Waals surface area contributed by atoms with E-state index in [2.05, 4.69) is 41.7 Å². The van der Waals surface area contributed by atoms with E-state index in [1.54, 1.807) is 16.2 Å². The van der Waals surface area contributed by atoms with Crippen molar-refractivity contribution in [2.45, 2.75) is 32.7 Å². The maximum atomic E-state index is 5.97. The van der Waals surface area contributed by atoms with Crippen LogP contribution in [0.15, 0.2) is 41.8 Å². The Morgan fingerprint density at radius 2 is 1.92 bits per heavy atom. The lowest BCUT2D eigenvalue weighted by Gasteiger charge is -2.26. The van der Waals surface area contributed by atoms with Gasteiger partial charge in [0.1, 0.15) is 0 Å². The number of nitrogens with one attached hydrogen (secondary N) is 2. The topological polar surface area (TPSA) is 19.7 Å². The second-order valence-corrected chi connectivity index (χ2v) is 8.46. The number of thiocarbonyl (C=S) groups is 1. The molecule has 0 aliphatic heterocycles. The van der Waals surface area contributed by atoms with Gasteiger partial charge in [-0.2, -0.15) is 0 Å². The predicted octanol–water partition coefficient (Wildman–Crippen LogP) is 4.31. The fourth-order valence-corrected chi connectivity index (χ4v) is 3.87. The number of rotatable bonds is 10. The molecule has 1 atom stereocenters. The van der Waals surface area contributed by atoms with E-state index in [4.69, 9.17) is 23.8 Å². The van der Waals surface area contributed by atoms with Crippen LogP contribution in [0.5, 0.6) is 0 Å². The second kappa shape index (κ2) is 11.5. The zero-order chi connectivity index (χ0) is 18.8. The van der Waals surface area contributed by atoms with Gasteiger partial charge in [0, 0.05) is 28.6 Å². The Bertz CT molecular complexity index is 644. The first kappa shape index (κ1) is 21.2. The van der Waals surface area contributed by atoms with Gasteiger partial charge in [0.05, 0.1) is 26.7 Å². The number of halogens is 1. The van der Waals surface area contributed by atoms with Gasteiger partial charge in [-0.3, -0.25) is 0 Å². The Kier molecular flexibility index (Phi) is 9.40. The molecule has 1 unspecified atom stereocenters. The van der Waals surface area contributed by atoms with Crippen LogP contribution < -0.4 is 10.2 Å². The molecule has 0 aliphatic carbocycles. The number of quaternary nitrogens is 1. The minimum atomic E-state index is 0.731. The molecule has 1 aromatic heterocycles. The highest BCUT2D eigenvalue weighted by Crippen LogP contribution is 2.16. The molecule has 2 rings (SSSR count). The number of thiophene rings is 1. The third-order valence-electron chi connectivity index (χ3n) is 4.30. The normalized spacial score (nSPS) is 12.0. The summed E-state index contributed by atoms with van der Waals surface area (Å²) in [6, 6.07) is 11.9. The van der Waals surface area contributed by atoms with E-state index in [9.17, 15) is 0 Å². The van der Waals surface area contributed by atoms with Crippen molar-refractivity contribution in [1.82, 2.24) is 4.90 Å². The predicted molar refractivity (Wildman–Crippen MR) is 119 cm³/mol. The standard InChI is InChI=1S/C20H28ClN3S2/c1-3-4-12-23(2)13-6-14-24(16-19-7-5-15-26-19)20(25)22-18-10-8-17(21)9-11-18/h5,7-11,15H,3-4,6,12-14,16H2,1-2H3,(H,22,25)/p+1. The monoisotopic (exact) mass is 410 g/mol. The maximum Gasteiger partial charge on any atom is 0.173 e. The van der Waals surface area contributed by atoms with Crippen molar-refractivity contribution in [3.05, 3.63) is 51.7 Å². The van der Waals surface area contributed by atoms with Crippen molar-refractivity contribution in [1.29, 1.82) is 0 Å². The van der Waals surface area contributed by atoms with Crippen LogP contribution in [-0.2, 0) is 6.54 Å². The highest BCUT2D eigenvalue weighted by Gasteiger charge is 2.12. The summed E-state index contributed by atoms with van der Waals surface area (Å²) < 4.78 is 0. The first-order chi connectivity index (χ1) is 12.6. The summed E-state index contributed by atoms with van der Waals surface area (Å²) in [5.74, 6) is 0. The zero-order valence-electron chi connectivity index (χ0n) is 15.6. The average molecular weight is 411 g/mol. The van der Waals surface area contributed by atoms with E-state index < -0.39 is 0 Å². The lowest BCUT2D eigenvalue weighted by Crippen LogP contribution is -3.09. The van der Waals surface area contributed by atoms with Gasteiger partial charge in [-0.1, -0.05) is 31.0 Å². The van der Waals surface area contributed by atoms with Gasteiger partial charge in [0.15, 0.2) is 5.11 Å². The summed E-state index contributed by atoms with van der Waals surface area (Å²) in [7, 11) is 2.28. The number of hydrogen-bond acceptors (Lipinski definition) is 2. The molecule has 142 valence electrons. The smallest absolute Gasteiger partial charge is 0.173 e. The van der Waals surface area contributed by atoms with Gasteiger partial charge < -0.3 is 15.1 Å². The number of unbranched alkanes of at least 4 members (excludes halogenated alkanes) is 1. The largest absolute Gasteiger partial charge is 0.344 e. The summed E-state index contributed by atoms with van der Waals surface area (Å²) in [6.45, 7) is 6.47. The van der Waals surface area contributed by atoms with Crippen LogP contribution in [0, 0.1) is 0 Å². The molecule has 6 heteroatoms. The molecule has 0 amide bonds. The highest BCUT2D eigenvalue weighted by molar-refractivity contribution is 7.80. The lowest BCUT2D eigenvalue weighted by molar-refractivity contribution is -0.880. The second-order valence-electron chi connectivity index (χ2n) is 6.60. The van der Waals surface area contributed by atoms with Crippen LogP contribution in [0.3, 0.4) is 0 Å². The van der Waals surface area contributed by atoms with Crippen LogP contribution in [0.25, 0.3) is 0 Å². The fraction of sp³-hybridized carbons (Fsp3) is 0.450. The lowest BCUT2D eigenvalue weighted by atomic mass is 10.3. The minimum Gasteiger partial charge on any atom is -0.344 e. The van der Waals surface area contributed by atoms with Crippen LogP contribution in [0.1, 0.15) is 31.1 Å². The van der Waals surface area contributed by atoms with Gasteiger partial charge >= 0.3 is 0 Å². The third kappa shape index (κ3) is 7.62. The molecule has 3 nitrogen and oxygen atoms in total. The van der Waals surface area contributed by atoms with Crippen molar-refractivity contribution >= 4 is 46.0 Å². The van der Waals surface area contributed by atoms with E-state index in [-0.39, 0.29) is 0 Å². The minimum absolute atomic E-state index is 0.731. The Labute approximate surface area is 172 Å². The highest BCUT2D eigenvalue weighted by atomic mass is 35.5. The molecule has 2 N–H and O–H groups in total. The molecule has 0 saturated carbocycles. The Balaban J connectivity index is 1.91. The van der Waals surface area contributed by atoms with Gasteiger partial charge in [-0.05, 0) is 54.4 Å². The molecular weight excluding hydrogens is 382 g/mol. The molecule has 0 fully saturated rings. The number of hydrogen-bond donors (Lipinski definition) is 2. The van der Waals surface area contributed by atoms with Crippen molar-refractivity contribution in [3.63, 3.8) is 0 Å². The molecule has 2 aromatic rings. The Morgan fingerprint density at radius 3 is 2.58 bits per heavy atom. The SMILES string of the molecule is CCCC[NH+](C)CCCN(Cc1cccs1)C(=S)Nc1ccc(Cl)cc1. The molecule has 1 heterocycles. The molecule has 0 spiro atoms. The van der Waals surface area contributed by atoms with Crippen molar-refractivity contribution < 1.29 is 4.90 Å². The van der Waals surface area contributed by atoms with E-state index in [0.717, 1.165) is 35.3 Å². The van der Waals surface area contributed by atoms with Crippen molar-refractivity contribution in [3.8, 4) is 0 Å². The third-order valence-corrected chi connectivity index (χ3v) is 5.77. The van der Waals surface area contributed by atoms with Gasteiger partial charge in [0.25, 0.3) is 0 Å². The van der Waals surface area contributed by atoms with Gasteiger partial charge in [0.2, 0.25) is 0 Å².